The van der Waals surface area contributed by atoms with Crippen LogP contribution in [-0.2, 0) is 0 Å². The molecule has 1 N–H and O–H groups in total. The van der Waals surface area contributed by atoms with Gasteiger partial charge in [0.1, 0.15) is 5.75 Å². The summed E-state index contributed by atoms with van der Waals surface area (Å²) in [4.78, 5) is 36.7. The molecule has 0 aromatic heterocycles. The third kappa shape index (κ3) is 4.40. The van der Waals surface area contributed by atoms with Gasteiger partial charge in [-0.15, -0.1) is 0 Å². The highest BCUT2D eigenvalue weighted by Gasteiger charge is 2.43. The topological polar surface area (TPSA) is 114 Å². The van der Waals surface area contributed by atoms with Crippen molar-refractivity contribution >= 4 is 23.1 Å². The minimum Gasteiger partial charge on any atom is -0.461 e. The summed E-state index contributed by atoms with van der Waals surface area (Å²) in [6.45, 7) is 0. The summed E-state index contributed by atoms with van der Waals surface area (Å²) < 4.78 is 6.12. The number of para-hydroxylation sites is 1. The van der Waals surface area contributed by atoms with Gasteiger partial charge < -0.3 is 10.1 Å². The number of non-ortho nitro benzene ring substituents is 1. The molecule has 192 valence electrons. The largest absolute Gasteiger partial charge is 0.461 e. The number of hydrogen-bond donors (Lipinski definition) is 1. The van der Waals surface area contributed by atoms with Crippen LogP contribution in [0.4, 0.5) is 5.69 Å². The number of nitrogens with one attached hydrogen (secondary N) is 1. The molecule has 9 heteroatoms. The summed E-state index contributed by atoms with van der Waals surface area (Å²) in [5.41, 5.74) is 3.43. The molecule has 2 heterocycles. The van der Waals surface area contributed by atoms with Gasteiger partial charge in [0, 0.05) is 41.3 Å². The summed E-state index contributed by atoms with van der Waals surface area (Å²) in [6, 6.07) is 20.5. The molecule has 0 spiro atoms. The molecule has 1 saturated carbocycles. The van der Waals surface area contributed by atoms with E-state index in [1.807, 2.05) is 48.5 Å². The number of nitrogens with zero attached hydrogens (tertiary/aromatic N) is 3. The number of nitro benzene ring substituents is 1. The standard InChI is InChI=1S/C29H26N4O5/c34-27(19-13-15-22(16-14-19)33(36)37)29-32-25(23-7-3-4-8-26(23)38-29)17-24(31-32)18-9-11-20(12-10-18)28(35)30-21-5-1-2-6-21/h3-4,7-16,21,25,29H,1-2,5-6,17H2,(H,30,35). The van der Waals surface area contributed by atoms with E-state index in [9.17, 15) is 19.7 Å². The normalized spacial score (nSPS) is 20.2. The molecule has 3 aromatic carbocycles. The van der Waals surface area contributed by atoms with Crippen LogP contribution in [0.3, 0.4) is 0 Å². The average molecular weight is 511 g/mol. The Morgan fingerprint density at radius 1 is 0.947 bits per heavy atom. The van der Waals surface area contributed by atoms with E-state index in [0.29, 0.717) is 23.3 Å². The fourth-order valence-electron chi connectivity index (χ4n) is 5.42. The van der Waals surface area contributed by atoms with E-state index < -0.39 is 11.2 Å². The van der Waals surface area contributed by atoms with Crippen molar-refractivity contribution in [1.29, 1.82) is 0 Å². The van der Waals surface area contributed by atoms with Gasteiger partial charge in [-0.2, -0.15) is 5.10 Å². The third-order valence-electron chi connectivity index (χ3n) is 7.46. The first-order valence-corrected chi connectivity index (χ1v) is 12.8. The lowest BCUT2D eigenvalue weighted by Gasteiger charge is -2.37. The second-order valence-electron chi connectivity index (χ2n) is 9.86. The smallest absolute Gasteiger partial charge is 0.269 e. The van der Waals surface area contributed by atoms with E-state index in [0.717, 1.165) is 42.5 Å². The number of nitro groups is 1. The van der Waals surface area contributed by atoms with Gasteiger partial charge in [-0.1, -0.05) is 43.2 Å². The van der Waals surface area contributed by atoms with E-state index in [1.54, 1.807) is 5.01 Å². The Kier molecular flexibility index (Phi) is 6.11. The quantitative estimate of drug-likeness (QED) is 0.283. The number of rotatable bonds is 6. The maximum absolute atomic E-state index is 13.5. The minimum absolute atomic E-state index is 0.0645. The molecule has 2 atom stereocenters. The lowest BCUT2D eigenvalue weighted by molar-refractivity contribution is -0.384. The number of benzene rings is 3. The molecule has 3 aromatic rings. The molecule has 3 aliphatic rings. The fourth-order valence-corrected chi connectivity index (χ4v) is 5.42. The van der Waals surface area contributed by atoms with Gasteiger partial charge in [-0.3, -0.25) is 19.7 Å². The van der Waals surface area contributed by atoms with Gasteiger partial charge in [0.15, 0.2) is 0 Å². The predicted octanol–water partition coefficient (Wildman–Crippen LogP) is 5.02. The number of hydrazone groups is 1. The second kappa shape index (κ2) is 9.74. The van der Waals surface area contributed by atoms with Crippen LogP contribution < -0.4 is 10.1 Å². The second-order valence-corrected chi connectivity index (χ2v) is 9.86. The zero-order valence-corrected chi connectivity index (χ0v) is 20.6. The van der Waals surface area contributed by atoms with Crippen LogP contribution in [0.5, 0.6) is 5.75 Å². The Hall–Kier alpha value is -4.53. The lowest BCUT2D eigenvalue weighted by Crippen LogP contribution is -2.45. The summed E-state index contributed by atoms with van der Waals surface area (Å²) in [6.07, 6.45) is 3.93. The van der Waals surface area contributed by atoms with Crippen LogP contribution in [0, 0.1) is 10.1 Å². The molecule has 2 aliphatic heterocycles. The number of ketones is 1. The summed E-state index contributed by atoms with van der Waals surface area (Å²) >= 11 is 0. The van der Waals surface area contributed by atoms with E-state index >= 15 is 0 Å². The van der Waals surface area contributed by atoms with Gasteiger partial charge in [-0.25, -0.2) is 5.01 Å². The molecule has 0 bridgehead atoms. The Balaban J connectivity index is 1.26. The zero-order chi connectivity index (χ0) is 26.2. The van der Waals surface area contributed by atoms with Crippen molar-refractivity contribution in [1.82, 2.24) is 10.3 Å². The molecule has 0 radical (unpaired) electrons. The van der Waals surface area contributed by atoms with E-state index in [1.165, 1.54) is 24.3 Å². The van der Waals surface area contributed by atoms with Crippen LogP contribution in [0.15, 0.2) is 77.9 Å². The highest BCUT2D eigenvalue weighted by molar-refractivity contribution is 6.04. The Morgan fingerprint density at radius 3 is 2.34 bits per heavy atom. The van der Waals surface area contributed by atoms with Gasteiger partial charge >= 0.3 is 0 Å². The van der Waals surface area contributed by atoms with Gasteiger partial charge in [0.25, 0.3) is 17.8 Å². The Bertz CT molecular complexity index is 1430. The van der Waals surface area contributed by atoms with Crippen LogP contribution in [0.25, 0.3) is 0 Å². The van der Waals surface area contributed by atoms with Crippen LogP contribution in [-0.4, -0.2) is 39.6 Å². The van der Waals surface area contributed by atoms with Gasteiger partial charge in [-0.05, 0) is 48.7 Å². The third-order valence-corrected chi connectivity index (χ3v) is 7.46. The molecule has 1 fully saturated rings. The van der Waals surface area contributed by atoms with Crippen molar-refractivity contribution < 1.29 is 19.2 Å². The van der Waals surface area contributed by atoms with Gasteiger partial charge in [0.05, 0.1) is 16.7 Å². The number of carbonyl (C=O) groups excluding carboxylic acids is 2. The summed E-state index contributed by atoms with van der Waals surface area (Å²) in [5, 5.41) is 20.6. The monoisotopic (exact) mass is 510 g/mol. The molecule has 1 aliphatic carbocycles. The van der Waals surface area contributed by atoms with Crippen molar-refractivity contribution in [3.63, 3.8) is 0 Å². The number of hydrogen-bond acceptors (Lipinski definition) is 7. The molecule has 2 unspecified atom stereocenters. The van der Waals surface area contributed by atoms with Crippen molar-refractivity contribution in [3.8, 4) is 5.75 Å². The zero-order valence-electron chi connectivity index (χ0n) is 20.6. The van der Waals surface area contributed by atoms with E-state index in [4.69, 9.17) is 9.84 Å². The predicted molar refractivity (Wildman–Crippen MR) is 140 cm³/mol. The number of amides is 1. The summed E-state index contributed by atoms with van der Waals surface area (Å²) in [5.74, 6) is 0.220. The molecule has 1 amide bonds. The SMILES string of the molecule is O=C(NC1CCCC1)c1ccc(C2=NN3C(C(=O)c4ccc([N+](=O)[O-])cc4)Oc4ccccc4C3C2)cc1. The lowest BCUT2D eigenvalue weighted by atomic mass is 9.95. The fraction of sp³-hybridized carbons (Fsp3) is 0.276. The average Bonchev–Trinajstić information content (AvgIpc) is 3.63. The molecule has 0 saturated heterocycles. The number of ether oxygens (including phenoxy) is 1. The molecule has 38 heavy (non-hydrogen) atoms. The summed E-state index contributed by atoms with van der Waals surface area (Å²) in [7, 11) is 0. The highest BCUT2D eigenvalue weighted by atomic mass is 16.6. The number of fused-ring (bicyclic) bond motifs is 3. The molecular formula is C29H26N4O5. The van der Waals surface area contributed by atoms with E-state index in [2.05, 4.69) is 5.32 Å². The maximum atomic E-state index is 13.5. The van der Waals surface area contributed by atoms with Crippen LogP contribution in [0.1, 0.15) is 70.0 Å². The van der Waals surface area contributed by atoms with E-state index in [-0.39, 0.29) is 29.5 Å². The number of Topliss-reactive ketones (excluding diaryl/α,β-unsaturated/α-hetero) is 1. The highest BCUT2D eigenvalue weighted by Crippen LogP contribution is 2.43. The minimum atomic E-state index is -1.01. The molecule has 9 nitrogen and oxygen atoms in total. The van der Waals surface area contributed by atoms with Gasteiger partial charge in [0.2, 0.25) is 5.78 Å². The first kappa shape index (κ1) is 23.8. The van der Waals surface area contributed by atoms with Crippen molar-refractivity contribution in [2.24, 2.45) is 5.10 Å². The van der Waals surface area contributed by atoms with Crippen molar-refractivity contribution in [2.45, 2.75) is 50.4 Å². The van der Waals surface area contributed by atoms with Crippen molar-refractivity contribution in [3.05, 3.63) is 105 Å². The first-order chi connectivity index (χ1) is 18.5. The first-order valence-electron chi connectivity index (χ1n) is 12.8. The molecular weight excluding hydrogens is 484 g/mol. The maximum Gasteiger partial charge on any atom is 0.269 e. The Labute approximate surface area is 219 Å². The van der Waals surface area contributed by atoms with Crippen molar-refractivity contribution in [2.75, 3.05) is 0 Å². The molecule has 6 rings (SSSR count). The Morgan fingerprint density at radius 2 is 1.63 bits per heavy atom. The van der Waals surface area contributed by atoms with Crippen LogP contribution in [0.2, 0.25) is 0 Å². The van der Waals surface area contributed by atoms with Crippen LogP contribution >= 0.6 is 0 Å². The number of carbonyl (C=O) groups is 2.